The van der Waals surface area contributed by atoms with E-state index >= 15 is 0 Å². The third-order valence-corrected chi connectivity index (χ3v) is 4.18. The second-order valence-corrected chi connectivity index (χ2v) is 6.07. The molecule has 0 bridgehead atoms. The van der Waals surface area contributed by atoms with E-state index in [4.69, 9.17) is 4.74 Å². The fraction of sp³-hybridized carbons (Fsp3) is 0.0455. The van der Waals surface area contributed by atoms with Crippen molar-refractivity contribution >= 4 is 17.1 Å². The Hall–Kier alpha value is -3.93. The summed E-state index contributed by atoms with van der Waals surface area (Å²) in [7, 11) is 0. The van der Waals surface area contributed by atoms with Gasteiger partial charge in [0.05, 0.1) is 17.1 Å². The van der Waals surface area contributed by atoms with E-state index in [0.29, 0.717) is 28.0 Å². The zero-order valence-electron chi connectivity index (χ0n) is 14.9. The highest BCUT2D eigenvalue weighted by Gasteiger charge is 2.11. The molecule has 0 atom stereocenters. The average molecular weight is 371 g/mol. The highest BCUT2D eigenvalue weighted by Crippen LogP contribution is 2.15. The number of ether oxygens (including phenoxy) is 1. The maximum Gasteiger partial charge on any atom is 0.282 e. The van der Waals surface area contributed by atoms with Crippen LogP contribution in [0.3, 0.4) is 0 Å². The summed E-state index contributed by atoms with van der Waals surface area (Å²) in [4.78, 5) is 17.5. The lowest BCUT2D eigenvalue weighted by Crippen LogP contribution is -2.23. The van der Waals surface area contributed by atoms with E-state index < -0.39 is 0 Å². The van der Waals surface area contributed by atoms with Crippen LogP contribution in [0.1, 0.15) is 11.4 Å². The summed E-state index contributed by atoms with van der Waals surface area (Å²) in [6.07, 6.45) is 1.43. The van der Waals surface area contributed by atoms with Gasteiger partial charge in [-0.25, -0.2) is 4.98 Å². The van der Waals surface area contributed by atoms with Crippen molar-refractivity contribution in [3.05, 3.63) is 101 Å². The first-order chi connectivity index (χ1) is 13.7. The minimum absolute atomic E-state index is 0.0716. The lowest BCUT2D eigenvalue weighted by molar-refractivity contribution is 0.289. The molecular weight excluding hydrogens is 354 g/mol. The predicted octanol–water partition coefficient (Wildman–Crippen LogP) is 3.56. The molecule has 138 valence electrons. The number of nitrogens with zero attached hydrogens (tertiary/aromatic N) is 3. The molecule has 0 radical (unpaired) electrons. The first-order valence-corrected chi connectivity index (χ1v) is 8.73. The first kappa shape index (κ1) is 17.5. The zero-order valence-corrected chi connectivity index (χ0v) is 14.9. The molecule has 0 amide bonds. The summed E-state index contributed by atoms with van der Waals surface area (Å²) in [5, 5.41) is 14.7. The van der Waals surface area contributed by atoms with Crippen LogP contribution in [0.15, 0.2) is 88.8 Å². The highest BCUT2D eigenvalue weighted by atomic mass is 16.5. The number of hydrogen-bond acceptors (Lipinski definition) is 5. The topological polar surface area (TPSA) is 76.7 Å². The number of phenolic OH excluding ortho intramolecular Hbond substituents is 1. The number of aromatic nitrogens is 2. The van der Waals surface area contributed by atoms with Gasteiger partial charge in [-0.2, -0.15) is 9.78 Å². The number of phenols is 1. The number of rotatable bonds is 5. The molecule has 0 saturated carbocycles. The maximum atomic E-state index is 13.0. The van der Waals surface area contributed by atoms with E-state index in [9.17, 15) is 9.90 Å². The number of benzene rings is 3. The Bertz CT molecular complexity index is 1200. The molecule has 4 rings (SSSR count). The first-order valence-electron chi connectivity index (χ1n) is 8.73. The highest BCUT2D eigenvalue weighted by molar-refractivity contribution is 5.83. The molecule has 0 saturated heterocycles. The van der Waals surface area contributed by atoms with Crippen molar-refractivity contribution in [1.29, 1.82) is 0 Å². The molecule has 1 N–H and O–H groups in total. The Morgan fingerprint density at radius 2 is 1.68 bits per heavy atom. The quantitative estimate of drug-likeness (QED) is 0.544. The molecule has 0 unspecified atom stereocenters. The van der Waals surface area contributed by atoms with Gasteiger partial charge in [0.15, 0.2) is 5.82 Å². The van der Waals surface area contributed by atoms with Crippen LogP contribution in [-0.2, 0) is 6.61 Å². The van der Waals surface area contributed by atoms with E-state index in [1.807, 2.05) is 36.4 Å². The molecule has 6 heteroatoms. The van der Waals surface area contributed by atoms with Crippen LogP contribution in [0.25, 0.3) is 10.9 Å². The third kappa shape index (κ3) is 3.61. The van der Waals surface area contributed by atoms with E-state index in [-0.39, 0.29) is 17.9 Å². The largest absolute Gasteiger partial charge is 0.507 e. The molecule has 1 heterocycles. The molecule has 0 fully saturated rings. The van der Waals surface area contributed by atoms with Crippen LogP contribution in [0.4, 0.5) is 0 Å². The molecule has 4 aromatic rings. The second-order valence-electron chi connectivity index (χ2n) is 6.07. The van der Waals surface area contributed by atoms with Crippen LogP contribution in [-0.4, -0.2) is 21.0 Å². The standard InChI is InChI=1S/C22H17N3O3/c26-20-13-7-4-8-16(20)14-23-25-21(15-28-17-9-2-1-3-10-17)24-19-12-6-5-11-18(19)22(25)27/h1-14,26H,15H2/b23-14-. The Balaban J connectivity index is 1.77. The van der Waals surface area contributed by atoms with Gasteiger partial charge in [0, 0.05) is 5.56 Å². The molecule has 28 heavy (non-hydrogen) atoms. The van der Waals surface area contributed by atoms with Crippen molar-refractivity contribution in [2.45, 2.75) is 6.61 Å². The van der Waals surface area contributed by atoms with Gasteiger partial charge in [0.1, 0.15) is 18.1 Å². The Kier molecular flexibility index (Phi) is 4.84. The van der Waals surface area contributed by atoms with Crippen molar-refractivity contribution in [1.82, 2.24) is 9.66 Å². The normalized spacial score (nSPS) is 11.1. The van der Waals surface area contributed by atoms with Gasteiger partial charge >= 0.3 is 0 Å². The summed E-state index contributed by atoms with van der Waals surface area (Å²) in [6.45, 7) is 0.0716. The van der Waals surface area contributed by atoms with Gasteiger partial charge in [-0.3, -0.25) is 4.79 Å². The van der Waals surface area contributed by atoms with Gasteiger partial charge in [0.2, 0.25) is 0 Å². The average Bonchev–Trinajstić information content (AvgIpc) is 2.73. The molecule has 1 aromatic heterocycles. The Morgan fingerprint density at radius 1 is 0.964 bits per heavy atom. The van der Waals surface area contributed by atoms with Crippen molar-refractivity contribution in [2.24, 2.45) is 5.10 Å². The molecular formula is C22H17N3O3. The number of fused-ring (bicyclic) bond motifs is 1. The van der Waals surface area contributed by atoms with E-state index in [2.05, 4.69) is 10.1 Å². The third-order valence-electron chi connectivity index (χ3n) is 4.18. The molecule has 3 aromatic carbocycles. The summed E-state index contributed by atoms with van der Waals surface area (Å²) in [5.41, 5.74) is 0.773. The summed E-state index contributed by atoms with van der Waals surface area (Å²) in [6, 6.07) is 23.1. The SMILES string of the molecule is O=c1c2ccccc2nc(COc2ccccc2)n1/N=C\c1ccccc1O. The zero-order chi connectivity index (χ0) is 19.3. The van der Waals surface area contributed by atoms with Crippen LogP contribution in [0.2, 0.25) is 0 Å². The van der Waals surface area contributed by atoms with Gasteiger partial charge < -0.3 is 9.84 Å². The Morgan fingerprint density at radius 3 is 2.50 bits per heavy atom. The minimum Gasteiger partial charge on any atom is -0.507 e. The summed E-state index contributed by atoms with van der Waals surface area (Å²) >= 11 is 0. The minimum atomic E-state index is -0.302. The van der Waals surface area contributed by atoms with E-state index in [0.717, 1.165) is 0 Å². The smallest absolute Gasteiger partial charge is 0.282 e. The van der Waals surface area contributed by atoms with E-state index in [1.165, 1.54) is 10.9 Å². The number of aromatic hydroxyl groups is 1. The van der Waals surface area contributed by atoms with Crippen molar-refractivity contribution in [3.8, 4) is 11.5 Å². The Labute approximate surface area is 161 Å². The van der Waals surface area contributed by atoms with E-state index in [1.54, 1.807) is 42.5 Å². The van der Waals surface area contributed by atoms with Crippen LogP contribution < -0.4 is 10.3 Å². The molecule has 0 aliphatic rings. The summed E-state index contributed by atoms with van der Waals surface area (Å²) in [5.74, 6) is 1.11. The lowest BCUT2D eigenvalue weighted by atomic mass is 10.2. The van der Waals surface area contributed by atoms with Crippen molar-refractivity contribution < 1.29 is 9.84 Å². The van der Waals surface area contributed by atoms with Crippen LogP contribution >= 0.6 is 0 Å². The fourth-order valence-electron chi connectivity index (χ4n) is 2.76. The number of hydrogen-bond donors (Lipinski definition) is 1. The second kappa shape index (κ2) is 7.75. The molecule has 0 aliphatic carbocycles. The van der Waals surface area contributed by atoms with Crippen molar-refractivity contribution in [2.75, 3.05) is 0 Å². The maximum absolute atomic E-state index is 13.0. The van der Waals surface area contributed by atoms with Crippen LogP contribution in [0.5, 0.6) is 11.5 Å². The van der Waals surface area contributed by atoms with Crippen molar-refractivity contribution in [3.63, 3.8) is 0 Å². The molecule has 0 spiro atoms. The number of para-hydroxylation sites is 3. The van der Waals surface area contributed by atoms with Gasteiger partial charge in [-0.05, 0) is 36.4 Å². The van der Waals surface area contributed by atoms with Gasteiger partial charge in [-0.1, -0.05) is 42.5 Å². The predicted molar refractivity (Wildman–Crippen MR) is 108 cm³/mol. The fourth-order valence-corrected chi connectivity index (χ4v) is 2.76. The lowest BCUT2D eigenvalue weighted by Gasteiger charge is -2.10. The van der Waals surface area contributed by atoms with Crippen LogP contribution in [0, 0.1) is 0 Å². The molecule has 6 nitrogen and oxygen atoms in total. The van der Waals surface area contributed by atoms with Gasteiger partial charge in [0.25, 0.3) is 5.56 Å². The summed E-state index contributed by atoms with van der Waals surface area (Å²) < 4.78 is 6.97. The monoisotopic (exact) mass is 371 g/mol. The molecule has 0 aliphatic heterocycles. The van der Waals surface area contributed by atoms with Gasteiger partial charge in [-0.15, -0.1) is 0 Å².